The molecule has 2 rings (SSSR count). The van der Waals surface area contributed by atoms with Gasteiger partial charge in [0, 0.05) is 23.5 Å². The Labute approximate surface area is 116 Å². The molecule has 1 atom stereocenters. The van der Waals surface area contributed by atoms with Crippen LogP contribution in [0.15, 0.2) is 24.3 Å². The maximum absolute atomic E-state index is 5.76. The Morgan fingerprint density at radius 3 is 2.47 bits per heavy atom. The van der Waals surface area contributed by atoms with E-state index in [9.17, 15) is 0 Å². The summed E-state index contributed by atoms with van der Waals surface area (Å²) in [6.07, 6.45) is 0. The van der Waals surface area contributed by atoms with E-state index in [2.05, 4.69) is 58.9 Å². The van der Waals surface area contributed by atoms with Crippen LogP contribution in [0, 0.1) is 6.92 Å². The Bertz CT molecular complexity index is 594. The molecule has 0 spiro atoms. The van der Waals surface area contributed by atoms with Gasteiger partial charge >= 0.3 is 0 Å². The minimum absolute atomic E-state index is 0.172. The molecular formula is C17H24N2. The summed E-state index contributed by atoms with van der Waals surface area (Å²) < 4.78 is 0. The molecule has 0 saturated heterocycles. The number of aromatic nitrogens is 1. The number of benzene rings is 1. The van der Waals surface area contributed by atoms with E-state index in [1.165, 1.54) is 16.5 Å². The predicted molar refractivity (Wildman–Crippen MR) is 82.6 cm³/mol. The van der Waals surface area contributed by atoms with Gasteiger partial charge in [0.1, 0.15) is 0 Å². The van der Waals surface area contributed by atoms with Crippen molar-refractivity contribution in [1.29, 1.82) is 0 Å². The summed E-state index contributed by atoms with van der Waals surface area (Å²) in [5.41, 5.74) is 10.7. The van der Waals surface area contributed by atoms with Gasteiger partial charge in [0.05, 0.1) is 5.52 Å². The summed E-state index contributed by atoms with van der Waals surface area (Å²) in [4.78, 5) is 4.79. The highest BCUT2D eigenvalue weighted by molar-refractivity contribution is 5.80. The molecule has 0 fully saturated rings. The van der Waals surface area contributed by atoms with Crippen LogP contribution < -0.4 is 5.73 Å². The molecule has 19 heavy (non-hydrogen) atoms. The molecule has 0 bridgehead atoms. The van der Waals surface area contributed by atoms with Crippen molar-refractivity contribution in [2.45, 2.75) is 46.0 Å². The number of aryl methyl sites for hydroxylation is 1. The molecule has 102 valence electrons. The lowest BCUT2D eigenvalue weighted by atomic mass is 9.86. The molecule has 0 aliphatic carbocycles. The highest BCUT2D eigenvalue weighted by Gasteiger charge is 2.15. The quantitative estimate of drug-likeness (QED) is 0.885. The molecule has 0 amide bonds. The Morgan fingerprint density at radius 2 is 1.89 bits per heavy atom. The zero-order valence-electron chi connectivity index (χ0n) is 12.6. The molecule has 1 aromatic heterocycles. The van der Waals surface area contributed by atoms with Crippen LogP contribution in [0.25, 0.3) is 10.9 Å². The van der Waals surface area contributed by atoms with E-state index in [0.717, 1.165) is 11.2 Å². The SMILES string of the molecule is Cc1cc2cc(C(C)(C)C)ccc2nc1C(C)CN. The van der Waals surface area contributed by atoms with Crippen LogP contribution in [0.3, 0.4) is 0 Å². The van der Waals surface area contributed by atoms with E-state index >= 15 is 0 Å². The number of hydrogen-bond donors (Lipinski definition) is 1. The maximum Gasteiger partial charge on any atom is 0.0705 e. The highest BCUT2D eigenvalue weighted by Crippen LogP contribution is 2.27. The van der Waals surface area contributed by atoms with Gasteiger partial charge in [0.25, 0.3) is 0 Å². The molecule has 2 nitrogen and oxygen atoms in total. The average Bonchev–Trinajstić information content (AvgIpc) is 2.35. The standard InChI is InChI=1S/C17H24N2/c1-11-8-13-9-14(17(3,4)5)6-7-15(13)19-16(11)12(2)10-18/h6-9,12H,10,18H2,1-5H3. The van der Waals surface area contributed by atoms with E-state index in [0.29, 0.717) is 12.5 Å². The first-order chi connectivity index (χ1) is 8.82. The zero-order valence-corrected chi connectivity index (χ0v) is 12.6. The van der Waals surface area contributed by atoms with Crippen LogP contribution >= 0.6 is 0 Å². The smallest absolute Gasteiger partial charge is 0.0705 e. The monoisotopic (exact) mass is 256 g/mol. The number of fused-ring (bicyclic) bond motifs is 1. The third-order valence-corrected chi connectivity index (χ3v) is 3.73. The predicted octanol–water partition coefficient (Wildman–Crippen LogP) is 3.90. The highest BCUT2D eigenvalue weighted by atomic mass is 14.7. The van der Waals surface area contributed by atoms with Gasteiger partial charge in [0.15, 0.2) is 0 Å². The summed E-state index contributed by atoms with van der Waals surface area (Å²) in [5.74, 6) is 0.312. The first kappa shape index (κ1) is 14.0. The second-order valence-corrected chi connectivity index (χ2v) is 6.48. The zero-order chi connectivity index (χ0) is 14.2. The molecule has 0 aliphatic rings. The lowest BCUT2D eigenvalue weighted by Crippen LogP contribution is -2.13. The maximum atomic E-state index is 5.76. The van der Waals surface area contributed by atoms with E-state index in [-0.39, 0.29) is 5.41 Å². The van der Waals surface area contributed by atoms with E-state index < -0.39 is 0 Å². The summed E-state index contributed by atoms with van der Waals surface area (Å²) in [6.45, 7) is 11.6. The van der Waals surface area contributed by atoms with Gasteiger partial charge in [-0.15, -0.1) is 0 Å². The topological polar surface area (TPSA) is 38.9 Å². The van der Waals surface area contributed by atoms with Crippen LogP contribution in [-0.4, -0.2) is 11.5 Å². The third-order valence-electron chi connectivity index (χ3n) is 3.73. The van der Waals surface area contributed by atoms with Crippen LogP contribution in [0.1, 0.15) is 50.4 Å². The van der Waals surface area contributed by atoms with E-state index in [4.69, 9.17) is 10.7 Å². The minimum atomic E-state index is 0.172. The Balaban J connectivity index is 2.58. The van der Waals surface area contributed by atoms with Crippen LogP contribution in [-0.2, 0) is 5.41 Å². The second-order valence-electron chi connectivity index (χ2n) is 6.48. The van der Waals surface area contributed by atoms with Gasteiger partial charge in [-0.05, 0) is 41.7 Å². The first-order valence-electron chi connectivity index (χ1n) is 6.95. The molecule has 1 aromatic carbocycles. The molecule has 2 heteroatoms. The molecule has 2 aromatic rings. The number of rotatable bonds is 2. The number of nitrogens with zero attached hydrogens (tertiary/aromatic N) is 1. The fourth-order valence-electron chi connectivity index (χ4n) is 2.37. The second kappa shape index (κ2) is 4.93. The van der Waals surface area contributed by atoms with Crippen LogP contribution in [0.4, 0.5) is 0 Å². The fourth-order valence-corrected chi connectivity index (χ4v) is 2.37. The van der Waals surface area contributed by atoms with Gasteiger partial charge in [-0.1, -0.05) is 33.8 Å². The third kappa shape index (κ3) is 2.79. The van der Waals surface area contributed by atoms with Gasteiger partial charge in [-0.25, -0.2) is 0 Å². The molecule has 2 N–H and O–H groups in total. The Morgan fingerprint density at radius 1 is 1.21 bits per heavy atom. The molecule has 0 aliphatic heterocycles. The Hall–Kier alpha value is -1.41. The first-order valence-corrected chi connectivity index (χ1v) is 6.95. The summed E-state index contributed by atoms with van der Waals surface area (Å²) in [5, 5.41) is 1.22. The summed E-state index contributed by atoms with van der Waals surface area (Å²) in [7, 11) is 0. The molecular weight excluding hydrogens is 232 g/mol. The van der Waals surface area contributed by atoms with Crippen molar-refractivity contribution in [3.63, 3.8) is 0 Å². The number of hydrogen-bond acceptors (Lipinski definition) is 2. The van der Waals surface area contributed by atoms with Crippen molar-refractivity contribution >= 4 is 10.9 Å². The lowest BCUT2D eigenvalue weighted by molar-refractivity contribution is 0.591. The van der Waals surface area contributed by atoms with Crippen molar-refractivity contribution in [1.82, 2.24) is 4.98 Å². The number of pyridine rings is 1. The van der Waals surface area contributed by atoms with Gasteiger partial charge in [0.2, 0.25) is 0 Å². The van der Waals surface area contributed by atoms with Gasteiger partial charge in [-0.3, -0.25) is 4.98 Å². The van der Waals surface area contributed by atoms with Crippen molar-refractivity contribution in [2.24, 2.45) is 5.73 Å². The fraction of sp³-hybridized carbons (Fsp3) is 0.471. The molecule has 1 unspecified atom stereocenters. The van der Waals surface area contributed by atoms with E-state index in [1.54, 1.807) is 0 Å². The summed E-state index contributed by atoms with van der Waals surface area (Å²) in [6, 6.07) is 8.80. The lowest BCUT2D eigenvalue weighted by Gasteiger charge is -2.20. The van der Waals surface area contributed by atoms with Gasteiger partial charge in [-0.2, -0.15) is 0 Å². The molecule has 0 radical (unpaired) electrons. The molecule has 0 saturated carbocycles. The van der Waals surface area contributed by atoms with Crippen molar-refractivity contribution in [2.75, 3.05) is 6.54 Å². The molecule has 1 heterocycles. The minimum Gasteiger partial charge on any atom is -0.330 e. The van der Waals surface area contributed by atoms with Crippen LogP contribution in [0.5, 0.6) is 0 Å². The van der Waals surface area contributed by atoms with Gasteiger partial charge < -0.3 is 5.73 Å². The largest absolute Gasteiger partial charge is 0.330 e. The van der Waals surface area contributed by atoms with Crippen molar-refractivity contribution in [3.05, 3.63) is 41.1 Å². The number of nitrogens with two attached hydrogens (primary N) is 1. The van der Waals surface area contributed by atoms with Crippen LogP contribution in [0.2, 0.25) is 0 Å². The average molecular weight is 256 g/mol. The normalized spacial score (nSPS) is 13.8. The van der Waals surface area contributed by atoms with Crippen molar-refractivity contribution < 1.29 is 0 Å². The van der Waals surface area contributed by atoms with E-state index in [1.807, 2.05) is 0 Å². The van der Waals surface area contributed by atoms with Crippen molar-refractivity contribution in [3.8, 4) is 0 Å². The Kier molecular flexibility index (Phi) is 3.64. The summed E-state index contributed by atoms with van der Waals surface area (Å²) >= 11 is 0.